The highest BCUT2D eigenvalue weighted by molar-refractivity contribution is 5.91. The minimum atomic E-state index is -0.323. The number of hydrogen-bond donors (Lipinski definition) is 0. The summed E-state index contributed by atoms with van der Waals surface area (Å²) in [6, 6.07) is 7.94. The Morgan fingerprint density at radius 3 is 2.61 bits per heavy atom. The van der Waals surface area contributed by atoms with Crippen molar-refractivity contribution in [2.24, 2.45) is 0 Å². The van der Waals surface area contributed by atoms with Crippen molar-refractivity contribution in [3.63, 3.8) is 0 Å². The summed E-state index contributed by atoms with van der Waals surface area (Å²) in [6.07, 6.45) is 9.79. The van der Waals surface area contributed by atoms with Crippen molar-refractivity contribution in [3.8, 4) is 23.0 Å². The van der Waals surface area contributed by atoms with E-state index in [9.17, 15) is 0 Å². The van der Waals surface area contributed by atoms with Crippen LogP contribution >= 0.6 is 0 Å². The maximum atomic E-state index is 6.27. The Kier molecular flexibility index (Phi) is 5.64. The Hall–Kier alpha value is -3.40. The molecule has 0 bridgehead atoms. The maximum Gasteiger partial charge on any atom is 0.138 e. The molecule has 0 aromatic heterocycles. The second-order valence-electron chi connectivity index (χ2n) is 8.20. The summed E-state index contributed by atoms with van der Waals surface area (Å²) in [6.45, 7) is 14.9. The van der Waals surface area contributed by atoms with Gasteiger partial charge in [0.25, 0.3) is 0 Å². The Morgan fingerprint density at radius 2 is 1.84 bits per heavy atom. The van der Waals surface area contributed by atoms with Gasteiger partial charge in [-0.15, -0.1) is 0 Å². The lowest BCUT2D eigenvalue weighted by atomic mass is 9.92. The number of rotatable bonds is 7. The van der Waals surface area contributed by atoms with Gasteiger partial charge in [0, 0.05) is 22.8 Å². The van der Waals surface area contributed by atoms with Crippen LogP contribution in [0.25, 0.3) is 17.7 Å². The van der Waals surface area contributed by atoms with E-state index in [1.54, 1.807) is 12.2 Å². The average Bonchev–Trinajstić information content (AvgIpc) is 2.75. The van der Waals surface area contributed by atoms with Crippen LogP contribution in [0.5, 0.6) is 23.0 Å². The van der Waals surface area contributed by atoms with E-state index < -0.39 is 0 Å². The van der Waals surface area contributed by atoms with Crippen molar-refractivity contribution in [2.75, 3.05) is 19.8 Å². The van der Waals surface area contributed by atoms with E-state index in [0.717, 1.165) is 50.8 Å². The first-order chi connectivity index (χ1) is 14.9. The van der Waals surface area contributed by atoms with Gasteiger partial charge in [-0.25, -0.2) is 0 Å². The van der Waals surface area contributed by atoms with Gasteiger partial charge < -0.3 is 18.9 Å². The van der Waals surface area contributed by atoms with E-state index in [1.165, 1.54) is 0 Å². The van der Waals surface area contributed by atoms with Crippen LogP contribution in [0.15, 0.2) is 55.7 Å². The van der Waals surface area contributed by atoms with E-state index in [2.05, 4.69) is 44.4 Å². The normalized spacial score (nSPS) is 15.5. The molecule has 31 heavy (non-hydrogen) atoms. The van der Waals surface area contributed by atoms with Crippen molar-refractivity contribution in [2.45, 2.75) is 26.4 Å². The largest absolute Gasteiger partial charge is 0.489 e. The summed E-state index contributed by atoms with van der Waals surface area (Å²) in [4.78, 5) is 0. The molecule has 0 unspecified atom stereocenters. The molecule has 0 radical (unpaired) electrons. The molecule has 4 rings (SSSR count). The van der Waals surface area contributed by atoms with Gasteiger partial charge in [-0.3, -0.25) is 0 Å². The molecule has 0 atom stereocenters. The SMILES string of the molecule is C=CCOc1ccc(C2=Cc3c(C)cc4c(c3OC2)C=CC(C)(C)O4)c(OCC=C)c1. The molecule has 0 fully saturated rings. The highest BCUT2D eigenvalue weighted by atomic mass is 16.5. The first-order valence-corrected chi connectivity index (χ1v) is 10.4. The molecular formula is C27H28O4. The molecule has 0 amide bonds. The molecule has 0 N–H and O–H groups in total. The lowest BCUT2D eigenvalue weighted by Gasteiger charge is -2.31. The summed E-state index contributed by atoms with van der Waals surface area (Å²) in [7, 11) is 0. The Bertz CT molecular complexity index is 1090. The lowest BCUT2D eigenvalue weighted by molar-refractivity contribution is 0.158. The molecule has 0 saturated heterocycles. The van der Waals surface area contributed by atoms with Gasteiger partial charge >= 0.3 is 0 Å². The molecule has 2 heterocycles. The van der Waals surface area contributed by atoms with E-state index >= 15 is 0 Å². The van der Waals surface area contributed by atoms with Gasteiger partial charge in [-0.1, -0.05) is 25.3 Å². The van der Waals surface area contributed by atoms with Crippen LogP contribution < -0.4 is 18.9 Å². The quantitative estimate of drug-likeness (QED) is 0.501. The van der Waals surface area contributed by atoms with Crippen molar-refractivity contribution in [1.82, 2.24) is 0 Å². The Labute approximate surface area is 184 Å². The minimum Gasteiger partial charge on any atom is -0.489 e. The number of fused-ring (bicyclic) bond motifs is 3. The van der Waals surface area contributed by atoms with Gasteiger partial charge in [0.2, 0.25) is 0 Å². The number of aryl methyl sites for hydroxylation is 1. The summed E-state index contributed by atoms with van der Waals surface area (Å²) >= 11 is 0. The zero-order valence-corrected chi connectivity index (χ0v) is 18.4. The Morgan fingerprint density at radius 1 is 1.06 bits per heavy atom. The second kappa shape index (κ2) is 8.38. The van der Waals surface area contributed by atoms with Crippen molar-refractivity contribution < 1.29 is 18.9 Å². The van der Waals surface area contributed by atoms with Crippen LogP contribution in [0.3, 0.4) is 0 Å². The Balaban J connectivity index is 1.75. The fourth-order valence-corrected chi connectivity index (χ4v) is 3.77. The van der Waals surface area contributed by atoms with Crippen LogP contribution in [0.4, 0.5) is 0 Å². The first-order valence-electron chi connectivity index (χ1n) is 10.4. The molecule has 4 nitrogen and oxygen atoms in total. The minimum absolute atomic E-state index is 0.323. The highest BCUT2D eigenvalue weighted by Gasteiger charge is 2.28. The van der Waals surface area contributed by atoms with Crippen molar-refractivity contribution in [1.29, 1.82) is 0 Å². The third-order valence-corrected chi connectivity index (χ3v) is 5.27. The monoisotopic (exact) mass is 416 g/mol. The van der Waals surface area contributed by atoms with Crippen LogP contribution in [0.1, 0.15) is 36.1 Å². The van der Waals surface area contributed by atoms with Crippen LogP contribution in [0, 0.1) is 6.92 Å². The van der Waals surface area contributed by atoms with Crippen molar-refractivity contribution >= 4 is 17.7 Å². The van der Waals surface area contributed by atoms with Gasteiger partial charge in [0.15, 0.2) is 0 Å². The maximum absolute atomic E-state index is 6.27. The lowest BCUT2D eigenvalue weighted by Crippen LogP contribution is -2.28. The van der Waals surface area contributed by atoms with E-state index in [0.29, 0.717) is 19.8 Å². The fraction of sp³-hybridized carbons (Fsp3) is 0.259. The molecule has 2 aliphatic rings. The van der Waals surface area contributed by atoms with Gasteiger partial charge in [-0.2, -0.15) is 0 Å². The molecule has 2 aliphatic heterocycles. The highest BCUT2D eigenvalue weighted by Crippen LogP contribution is 2.45. The average molecular weight is 417 g/mol. The van der Waals surface area contributed by atoms with Gasteiger partial charge in [-0.05, 0) is 62.8 Å². The predicted octanol–water partition coefficient (Wildman–Crippen LogP) is 6.24. The third-order valence-electron chi connectivity index (χ3n) is 5.27. The molecule has 0 saturated carbocycles. The summed E-state index contributed by atoms with van der Waals surface area (Å²) in [5, 5.41) is 0. The predicted molar refractivity (Wildman–Crippen MR) is 126 cm³/mol. The molecular weight excluding hydrogens is 388 g/mol. The number of ether oxygens (including phenoxy) is 4. The summed E-state index contributed by atoms with van der Waals surface area (Å²) in [5.74, 6) is 3.19. The van der Waals surface area contributed by atoms with Gasteiger partial charge in [0.05, 0.1) is 5.56 Å². The fourth-order valence-electron chi connectivity index (χ4n) is 3.77. The third kappa shape index (κ3) is 4.24. The molecule has 4 heteroatoms. The van der Waals surface area contributed by atoms with Gasteiger partial charge in [0.1, 0.15) is 48.4 Å². The molecule has 160 valence electrons. The van der Waals surface area contributed by atoms with E-state index in [-0.39, 0.29) is 5.60 Å². The second-order valence-corrected chi connectivity index (χ2v) is 8.20. The first kappa shape index (κ1) is 20.9. The summed E-state index contributed by atoms with van der Waals surface area (Å²) in [5.41, 5.74) is 4.86. The summed E-state index contributed by atoms with van der Waals surface area (Å²) < 4.78 is 24.0. The molecule has 0 spiro atoms. The molecule has 2 aromatic carbocycles. The van der Waals surface area contributed by atoms with Crippen LogP contribution in [-0.4, -0.2) is 25.4 Å². The zero-order chi connectivity index (χ0) is 22.0. The zero-order valence-electron chi connectivity index (χ0n) is 18.4. The van der Waals surface area contributed by atoms with Crippen LogP contribution in [-0.2, 0) is 0 Å². The topological polar surface area (TPSA) is 36.9 Å². The van der Waals surface area contributed by atoms with Crippen molar-refractivity contribution in [3.05, 3.63) is 77.9 Å². The van der Waals surface area contributed by atoms with Crippen LogP contribution in [0.2, 0.25) is 0 Å². The number of hydrogen-bond acceptors (Lipinski definition) is 4. The number of benzene rings is 2. The van der Waals surface area contributed by atoms with E-state index in [4.69, 9.17) is 18.9 Å². The van der Waals surface area contributed by atoms with E-state index in [1.807, 2.05) is 32.0 Å². The molecule has 0 aliphatic carbocycles. The standard InChI is InChI=1S/C27H28O4/c1-6-12-28-20-8-9-21(24(16-20)29-13-7-2)19-15-23-18(3)14-25-22(26(23)30-17-19)10-11-27(4,5)31-25/h6-11,14-16H,1-2,12-13,17H2,3-5H3. The smallest absolute Gasteiger partial charge is 0.138 e. The molecule has 2 aromatic rings.